The molecule has 1 aromatic rings. The molecule has 0 bridgehead atoms. The Morgan fingerprint density at radius 3 is 2.52 bits per heavy atom. The molecule has 0 aromatic heterocycles. The van der Waals surface area contributed by atoms with Gasteiger partial charge in [-0.05, 0) is 37.1 Å². The Bertz CT molecular complexity index is 584. The summed E-state index contributed by atoms with van der Waals surface area (Å²) < 4.78 is 17.4. The highest BCUT2D eigenvalue weighted by Crippen LogP contribution is 2.04. The van der Waals surface area contributed by atoms with Crippen molar-refractivity contribution in [3.8, 4) is 0 Å². The minimum atomic E-state index is -0.744. The smallest absolute Gasteiger partial charge is 0.331 e. The van der Waals surface area contributed by atoms with Crippen LogP contribution >= 0.6 is 0 Å². The van der Waals surface area contributed by atoms with Gasteiger partial charge in [0, 0.05) is 12.1 Å². The fourth-order valence-corrected chi connectivity index (χ4v) is 1.45. The van der Waals surface area contributed by atoms with Crippen molar-refractivity contribution in [2.24, 2.45) is 0 Å². The Kier molecular flexibility index (Phi) is 7.45. The SMILES string of the molecule is CC[C@H](C)NC(=O)NC(=O)COC(=O)/C=C/c1ccc(F)cc1. The molecule has 1 aromatic carbocycles. The van der Waals surface area contributed by atoms with E-state index < -0.39 is 24.5 Å². The van der Waals surface area contributed by atoms with Gasteiger partial charge in [-0.15, -0.1) is 0 Å². The first-order valence-corrected chi connectivity index (χ1v) is 7.11. The number of carbonyl (C=O) groups excluding carboxylic acids is 3. The van der Waals surface area contributed by atoms with E-state index >= 15 is 0 Å². The van der Waals surface area contributed by atoms with E-state index in [4.69, 9.17) is 0 Å². The van der Waals surface area contributed by atoms with E-state index in [9.17, 15) is 18.8 Å². The maximum absolute atomic E-state index is 12.7. The van der Waals surface area contributed by atoms with Crippen LogP contribution in [-0.2, 0) is 14.3 Å². The highest BCUT2D eigenvalue weighted by Gasteiger charge is 2.11. The zero-order valence-electron chi connectivity index (χ0n) is 13.0. The normalized spacial score (nSPS) is 11.8. The summed E-state index contributed by atoms with van der Waals surface area (Å²) in [4.78, 5) is 34.2. The fraction of sp³-hybridized carbons (Fsp3) is 0.312. The quantitative estimate of drug-likeness (QED) is 0.620. The number of carbonyl (C=O) groups is 3. The molecule has 6 nitrogen and oxygen atoms in total. The number of nitrogens with one attached hydrogen (secondary N) is 2. The van der Waals surface area contributed by atoms with Gasteiger partial charge in [-0.25, -0.2) is 14.0 Å². The van der Waals surface area contributed by atoms with Crippen molar-refractivity contribution >= 4 is 24.0 Å². The third kappa shape index (κ3) is 7.75. The zero-order valence-corrected chi connectivity index (χ0v) is 13.0. The van der Waals surface area contributed by atoms with Gasteiger partial charge >= 0.3 is 12.0 Å². The van der Waals surface area contributed by atoms with E-state index in [1.807, 2.05) is 12.2 Å². The molecule has 3 amide bonds. The van der Waals surface area contributed by atoms with Crippen LogP contribution in [0.4, 0.5) is 9.18 Å². The maximum atomic E-state index is 12.7. The van der Waals surface area contributed by atoms with Crippen molar-refractivity contribution in [1.29, 1.82) is 0 Å². The largest absolute Gasteiger partial charge is 0.452 e. The second-order valence-electron chi connectivity index (χ2n) is 4.82. The van der Waals surface area contributed by atoms with E-state index in [0.717, 1.165) is 12.5 Å². The standard InChI is InChI=1S/C16H19FN2O4/c1-3-11(2)18-16(22)19-14(20)10-23-15(21)9-6-12-4-7-13(17)8-5-12/h4-9,11H,3,10H2,1-2H3,(H2,18,19,20,22)/b9-6+/t11-/m0/s1. The van der Waals surface area contributed by atoms with Crippen LogP contribution in [0.1, 0.15) is 25.8 Å². The topological polar surface area (TPSA) is 84.5 Å². The summed E-state index contributed by atoms with van der Waals surface area (Å²) in [6.45, 7) is 3.12. The number of rotatable bonds is 6. The van der Waals surface area contributed by atoms with Gasteiger partial charge in [-0.3, -0.25) is 10.1 Å². The average molecular weight is 322 g/mol. The van der Waals surface area contributed by atoms with Crippen molar-refractivity contribution in [2.75, 3.05) is 6.61 Å². The lowest BCUT2D eigenvalue weighted by Crippen LogP contribution is -2.44. The van der Waals surface area contributed by atoms with Crippen molar-refractivity contribution in [2.45, 2.75) is 26.3 Å². The van der Waals surface area contributed by atoms with Gasteiger partial charge < -0.3 is 10.1 Å². The van der Waals surface area contributed by atoms with E-state index in [2.05, 4.69) is 10.1 Å². The summed E-state index contributed by atoms with van der Waals surface area (Å²) >= 11 is 0. The number of urea groups is 1. The number of imide groups is 1. The highest BCUT2D eigenvalue weighted by atomic mass is 19.1. The number of amides is 3. The predicted octanol–water partition coefficient (Wildman–Crippen LogP) is 2.01. The first-order valence-electron chi connectivity index (χ1n) is 7.11. The van der Waals surface area contributed by atoms with Gasteiger partial charge in [-0.1, -0.05) is 19.1 Å². The second kappa shape index (κ2) is 9.34. The summed E-state index contributed by atoms with van der Waals surface area (Å²) in [6.07, 6.45) is 3.26. The lowest BCUT2D eigenvalue weighted by Gasteiger charge is -2.11. The molecule has 0 saturated carbocycles. The van der Waals surface area contributed by atoms with E-state index in [0.29, 0.717) is 5.56 Å². The van der Waals surface area contributed by atoms with Crippen LogP contribution in [0.5, 0.6) is 0 Å². The molecule has 1 atom stereocenters. The molecule has 0 saturated heterocycles. The van der Waals surface area contributed by atoms with Crippen LogP contribution in [-0.4, -0.2) is 30.6 Å². The number of ether oxygens (including phenoxy) is 1. The van der Waals surface area contributed by atoms with Gasteiger partial charge in [0.25, 0.3) is 5.91 Å². The molecule has 0 radical (unpaired) electrons. The zero-order chi connectivity index (χ0) is 17.2. The van der Waals surface area contributed by atoms with E-state index in [1.54, 1.807) is 6.92 Å². The van der Waals surface area contributed by atoms with Gasteiger partial charge in [0.15, 0.2) is 6.61 Å². The van der Waals surface area contributed by atoms with Crippen LogP contribution < -0.4 is 10.6 Å². The lowest BCUT2D eigenvalue weighted by molar-refractivity contribution is -0.143. The maximum Gasteiger partial charge on any atom is 0.331 e. The van der Waals surface area contributed by atoms with Crippen LogP contribution in [0.15, 0.2) is 30.3 Å². The Labute approximate surface area is 133 Å². The summed E-state index contributed by atoms with van der Waals surface area (Å²) in [5.74, 6) is -1.85. The lowest BCUT2D eigenvalue weighted by atomic mass is 10.2. The Morgan fingerprint density at radius 1 is 1.26 bits per heavy atom. The molecular formula is C16H19FN2O4. The average Bonchev–Trinajstić information content (AvgIpc) is 2.52. The number of halogens is 1. The molecule has 0 aliphatic heterocycles. The molecule has 23 heavy (non-hydrogen) atoms. The molecule has 1 rings (SSSR count). The number of esters is 1. The molecule has 0 aliphatic carbocycles. The molecule has 0 heterocycles. The van der Waals surface area contributed by atoms with Gasteiger partial charge in [0.1, 0.15) is 5.82 Å². The minimum absolute atomic E-state index is 0.0657. The summed E-state index contributed by atoms with van der Waals surface area (Å²) in [5, 5.41) is 4.59. The molecule has 7 heteroatoms. The predicted molar refractivity (Wildman–Crippen MR) is 82.8 cm³/mol. The fourth-order valence-electron chi connectivity index (χ4n) is 1.45. The molecule has 0 aliphatic rings. The first kappa shape index (κ1) is 18.3. The Morgan fingerprint density at radius 2 is 1.91 bits per heavy atom. The van der Waals surface area contributed by atoms with Crippen molar-refractivity contribution < 1.29 is 23.5 Å². The van der Waals surface area contributed by atoms with Gasteiger partial charge in [0.2, 0.25) is 0 Å². The minimum Gasteiger partial charge on any atom is -0.452 e. The van der Waals surface area contributed by atoms with E-state index in [-0.39, 0.29) is 11.9 Å². The molecule has 2 N–H and O–H groups in total. The molecular weight excluding hydrogens is 303 g/mol. The number of hydrogen-bond acceptors (Lipinski definition) is 4. The molecule has 124 valence electrons. The number of benzene rings is 1. The van der Waals surface area contributed by atoms with Crippen molar-refractivity contribution in [1.82, 2.24) is 10.6 Å². The molecule has 0 fully saturated rings. The molecule has 0 unspecified atom stereocenters. The van der Waals surface area contributed by atoms with Crippen LogP contribution in [0, 0.1) is 5.82 Å². The van der Waals surface area contributed by atoms with Crippen LogP contribution in [0.3, 0.4) is 0 Å². The Balaban J connectivity index is 2.33. The summed E-state index contributed by atoms with van der Waals surface area (Å²) in [5.41, 5.74) is 0.612. The third-order valence-electron chi connectivity index (χ3n) is 2.87. The first-order chi connectivity index (χ1) is 10.9. The highest BCUT2D eigenvalue weighted by molar-refractivity contribution is 5.96. The van der Waals surface area contributed by atoms with Crippen LogP contribution in [0.2, 0.25) is 0 Å². The third-order valence-corrected chi connectivity index (χ3v) is 2.87. The van der Waals surface area contributed by atoms with Crippen molar-refractivity contribution in [3.05, 3.63) is 41.7 Å². The summed E-state index contributed by atoms with van der Waals surface area (Å²) in [6, 6.07) is 4.80. The van der Waals surface area contributed by atoms with Gasteiger partial charge in [0.05, 0.1) is 0 Å². The van der Waals surface area contributed by atoms with E-state index in [1.165, 1.54) is 30.3 Å². The van der Waals surface area contributed by atoms with Crippen LogP contribution in [0.25, 0.3) is 6.08 Å². The number of hydrogen-bond donors (Lipinski definition) is 2. The second-order valence-corrected chi connectivity index (χ2v) is 4.82. The summed E-state index contributed by atoms with van der Waals surface area (Å²) in [7, 11) is 0. The Hall–Kier alpha value is -2.70. The van der Waals surface area contributed by atoms with Crippen molar-refractivity contribution in [3.63, 3.8) is 0 Å². The monoisotopic (exact) mass is 322 g/mol. The molecule has 0 spiro atoms. The van der Waals surface area contributed by atoms with Gasteiger partial charge in [-0.2, -0.15) is 0 Å².